The van der Waals surface area contributed by atoms with Crippen LogP contribution in [0.5, 0.6) is 0 Å². The van der Waals surface area contributed by atoms with Crippen molar-refractivity contribution in [2.45, 2.75) is 59.8 Å². The minimum absolute atomic E-state index is 0.0181. The van der Waals surface area contributed by atoms with Gasteiger partial charge in [0.25, 0.3) is 5.91 Å². The number of carbonyl (C=O) groups excluding carboxylic acids is 2. The maximum atomic E-state index is 13.0. The highest BCUT2D eigenvalue weighted by Gasteiger charge is 2.20. The first-order valence-corrected chi connectivity index (χ1v) is 10.5. The van der Waals surface area contributed by atoms with E-state index >= 15 is 0 Å². The summed E-state index contributed by atoms with van der Waals surface area (Å²) in [5.41, 5.74) is 1.85. The van der Waals surface area contributed by atoms with Crippen molar-refractivity contribution in [3.63, 3.8) is 0 Å². The highest BCUT2D eigenvalue weighted by molar-refractivity contribution is 5.99. The fourth-order valence-electron chi connectivity index (χ4n) is 3.02. The third-order valence-electron chi connectivity index (χ3n) is 4.76. The van der Waals surface area contributed by atoms with E-state index in [4.69, 9.17) is 4.52 Å². The van der Waals surface area contributed by atoms with E-state index in [1.165, 1.54) is 18.4 Å². The van der Waals surface area contributed by atoms with Crippen molar-refractivity contribution in [1.29, 1.82) is 0 Å². The molecule has 1 aromatic carbocycles. The van der Waals surface area contributed by atoms with Gasteiger partial charge in [0.2, 0.25) is 5.91 Å². The van der Waals surface area contributed by atoms with Gasteiger partial charge in [-0.2, -0.15) is 0 Å². The topological polar surface area (TPSA) is 75.4 Å². The van der Waals surface area contributed by atoms with Crippen molar-refractivity contribution in [3.8, 4) is 0 Å². The van der Waals surface area contributed by atoms with Gasteiger partial charge in [-0.05, 0) is 49.8 Å². The van der Waals surface area contributed by atoms with E-state index in [2.05, 4.69) is 31.2 Å². The Morgan fingerprint density at radius 2 is 1.90 bits per heavy atom. The van der Waals surface area contributed by atoms with Crippen LogP contribution in [0, 0.1) is 12.8 Å². The zero-order chi connectivity index (χ0) is 21.2. The lowest BCUT2D eigenvalue weighted by molar-refractivity contribution is -0.117. The van der Waals surface area contributed by atoms with E-state index in [9.17, 15) is 9.59 Å². The summed E-state index contributed by atoms with van der Waals surface area (Å²) >= 11 is 0. The second-order valence-electron chi connectivity index (χ2n) is 7.93. The molecule has 2 amide bonds. The molecule has 0 saturated carbocycles. The summed E-state index contributed by atoms with van der Waals surface area (Å²) in [6, 6.07) is 9.41. The van der Waals surface area contributed by atoms with E-state index in [1.54, 1.807) is 17.9 Å². The second-order valence-corrected chi connectivity index (χ2v) is 7.93. The zero-order valence-electron chi connectivity index (χ0n) is 18.0. The van der Waals surface area contributed by atoms with Gasteiger partial charge in [0, 0.05) is 18.2 Å². The molecule has 6 heteroatoms. The Labute approximate surface area is 173 Å². The fourth-order valence-corrected chi connectivity index (χ4v) is 3.02. The molecule has 0 aliphatic heterocycles. The van der Waals surface area contributed by atoms with Crippen molar-refractivity contribution < 1.29 is 14.1 Å². The number of hydrogen-bond donors (Lipinski definition) is 1. The minimum Gasteiger partial charge on any atom is -0.360 e. The maximum absolute atomic E-state index is 13.0. The molecule has 29 heavy (non-hydrogen) atoms. The summed E-state index contributed by atoms with van der Waals surface area (Å²) in [6.45, 7) is 8.66. The molecule has 0 bridgehead atoms. The average Bonchev–Trinajstić information content (AvgIpc) is 3.09. The van der Waals surface area contributed by atoms with E-state index in [-0.39, 0.29) is 18.4 Å². The largest absolute Gasteiger partial charge is 0.360 e. The molecule has 158 valence electrons. The predicted octanol–water partition coefficient (Wildman–Crippen LogP) is 4.84. The first-order chi connectivity index (χ1) is 13.9. The average molecular weight is 400 g/mol. The van der Waals surface area contributed by atoms with E-state index in [0.717, 1.165) is 19.3 Å². The number of aryl methyl sites for hydroxylation is 2. The van der Waals surface area contributed by atoms with Gasteiger partial charge < -0.3 is 14.7 Å². The Bertz CT molecular complexity index is 781. The van der Waals surface area contributed by atoms with Gasteiger partial charge >= 0.3 is 0 Å². The minimum atomic E-state index is -0.286. The Hall–Kier alpha value is -2.63. The van der Waals surface area contributed by atoms with Crippen LogP contribution in [0.3, 0.4) is 0 Å². The molecule has 0 atom stereocenters. The molecule has 0 radical (unpaired) electrons. The van der Waals surface area contributed by atoms with Crippen LogP contribution >= 0.6 is 0 Å². The van der Waals surface area contributed by atoms with Crippen molar-refractivity contribution in [2.24, 2.45) is 5.92 Å². The monoisotopic (exact) mass is 399 g/mol. The molecule has 1 heterocycles. The zero-order valence-corrected chi connectivity index (χ0v) is 18.0. The van der Waals surface area contributed by atoms with E-state index in [0.29, 0.717) is 29.6 Å². The molecule has 0 aliphatic rings. The van der Waals surface area contributed by atoms with Crippen LogP contribution in [-0.2, 0) is 11.2 Å². The standard InChI is InChI=1S/C23H33N3O3/c1-5-6-7-8-19-9-11-20(12-10-19)23(28)26(14-13-17(2)3)16-22(27)24-21-15-18(4)29-25-21/h9-12,15,17H,5-8,13-14,16H2,1-4H3,(H,24,25,27). The quantitative estimate of drug-likeness (QED) is 0.549. The maximum Gasteiger partial charge on any atom is 0.254 e. The highest BCUT2D eigenvalue weighted by atomic mass is 16.5. The van der Waals surface area contributed by atoms with Crippen molar-refractivity contribution >= 4 is 17.6 Å². The summed E-state index contributed by atoms with van der Waals surface area (Å²) < 4.78 is 4.97. The van der Waals surface area contributed by atoms with Crippen LogP contribution in [0.1, 0.15) is 68.1 Å². The van der Waals surface area contributed by atoms with Gasteiger partial charge in [-0.3, -0.25) is 9.59 Å². The van der Waals surface area contributed by atoms with Crippen LogP contribution in [0.2, 0.25) is 0 Å². The molecule has 2 aromatic rings. The molecule has 0 fully saturated rings. The molecule has 0 aliphatic carbocycles. The number of nitrogens with zero attached hydrogens (tertiary/aromatic N) is 2. The Balaban J connectivity index is 2.03. The molecule has 1 N–H and O–H groups in total. The SMILES string of the molecule is CCCCCc1ccc(C(=O)N(CCC(C)C)CC(=O)Nc2cc(C)on2)cc1. The molecule has 6 nitrogen and oxygen atoms in total. The molecule has 1 aromatic heterocycles. The summed E-state index contributed by atoms with van der Waals surface area (Å²) in [7, 11) is 0. The Morgan fingerprint density at radius 3 is 2.48 bits per heavy atom. The molecule has 0 saturated heterocycles. The summed E-state index contributed by atoms with van der Waals surface area (Å²) in [6.07, 6.45) is 5.42. The summed E-state index contributed by atoms with van der Waals surface area (Å²) in [4.78, 5) is 27.1. The first-order valence-electron chi connectivity index (χ1n) is 10.5. The lowest BCUT2D eigenvalue weighted by Gasteiger charge is -2.23. The van der Waals surface area contributed by atoms with Gasteiger partial charge in [-0.25, -0.2) is 0 Å². The third-order valence-corrected chi connectivity index (χ3v) is 4.76. The van der Waals surface area contributed by atoms with E-state index in [1.807, 2.05) is 24.3 Å². The van der Waals surface area contributed by atoms with Crippen molar-refractivity contribution in [1.82, 2.24) is 10.1 Å². The number of unbranched alkanes of at least 4 members (excludes halogenated alkanes) is 2. The number of rotatable bonds is 11. The summed E-state index contributed by atoms with van der Waals surface area (Å²) in [5, 5.41) is 6.46. The normalized spacial score (nSPS) is 10.9. The highest BCUT2D eigenvalue weighted by Crippen LogP contribution is 2.13. The molecule has 0 unspecified atom stereocenters. The lowest BCUT2D eigenvalue weighted by Crippen LogP contribution is -2.39. The number of hydrogen-bond acceptors (Lipinski definition) is 4. The molecule has 0 spiro atoms. The van der Waals surface area contributed by atoms with Crippen LogP contribution in [0.4, 0.5) is 5.82 Å². The predicted molar refractivity (Wildman–Crippen MR) is 115 cm³/mol. The Morgan fingerprint density at radius 1 is 1.17 bits per heavy atom. The first kappa shape index (κ1) is 22.7. The Kier molecular flexibility index (Phi) is 8.90. The molecular weight excluding hydrogens is 366 g/mol. The van der Waals surface area contributed by atoms with Crippen LogP contribution in [0.25, 0.3) is 0 Å². The summed E-state index contributed by atoms with van der Waals surface area (Å²) in [5.74, 6) is 1.00. The number of aromatic nitrogens is 1. The van der Waals surface area contributed by atoms with Gasteiger partial charge in [-0.1, -0.05) is 50.9 Å². The van der Waals surface area contributed by atoms with Gasteiger partial charge in [-0.15, -0.1) is 0 Å². The van der Waals surface area contributed by atoms with Crippen LogP contribution in [-0.4, -0.2) is 35.0 Å². The van der Waals surface area contributed by atoms with Gasteiger partial charge in [0.15, 0.2) is 5.82 Å². The molecule has 2 rings (SSSR count). The van der Waals surface area contributed by atoms with E-state index < -0.39 is 0 Å². The third kappa shape index (κ3) is 7.72. The number of carbonyl (C=O) groups is 2. The second kappa shape index (κ2) is 11.4. The van der Waals surface area contributed by atoms with Crippen molar-refractivity contribution in [3.05, 3.63) is 47.2 Å². The van der Waals surface area contributed by atoms with Gasteiger partial charge in [0.1, 0.15) is 12.3 Å². The fraction of sp³-hybridized carbons (Fsp3) is 0.522. The number of anilines is 1. The lowest BCUT2D eigenvalue weighted by atomic mass is 10.0. The smallest absolute Gasteiger partial charge is 0.254 e. The molecular formula is C23H33N3O3. The van der Waals surface area contributed by atoms with Crippen LogP contribution in [0.15, 0.2) is 34.9 Å². The van der Waals surface area contributed by atoms with Crippen LogP contribution < -0.4 is 5.32 Å². The van der Waals surface area contributed by atoms with Crippen molar-refractivity contribution in [2.75, 3.05) is 18.4 Å². The number of nitrogens with one attached hydrogen (secondary N) is 1. The number of amides is 2. The van der Waals surface area contributed by atoms with Gasteiger partial charge in [0.05, 0.1) is 0 Å². The number of benzene rings is 1.